The predicted molar refractivity (Wildman–Crippen MR) is 76.2 cm³/mol. The number of ether oxygens (including phenoxy) is 1. The van der Waals surface area contributed by atoms with Crippen LogP contribution in [0, 0.1) is 0 Å². The van der Waals surface area contributed by atoms with Crippen molar-refractivity contribution in [1.29, 1.82) is 0 Å². The summed E-state index contributed by atoms with van der Waals surface area (Å²) in [4.78, 5) is 0. The fourth-order valence-electron chi connectivity index (χ4n) is 1.69. The molecular weight excluding hydrogens is 231 g/mol. The second-order valence-corrected chi connectivity index (χ2v) is 4.86. The molecule has 0 amide bonds. The van der Waals surface area contributed by atoms with E-state index in [1.807, 2.05) is 32.0 Å². The van der Waals surface area contributed by atoms with Crippen LogP contribution in [0.5, 0.6) is 5.75 Å². The Hall–Kier alpha value is -0.423. The van der Waals surface area contributed by atoms with Crippen LogP contribution in [0.4, 0.5) is 0 Å². The molecule has 1 aromatic carbocycles. The fourth-order valence-corrected chi connectivity index (χ4v) is 1.69. The standard InChI is InChI=1S/C12H18O.C4H10O.Li/c1-8(2)10-6-5-7-11(9(3)4)12(10)13;1-3-5-4-2;/h5-9,13H,1-4H3;3-4H2,1-2H3;/q;;+1/p-1. The molecule has 0 aliphatic rings. The Morgan fingerprint density at radius 2 is 1.32 bits per heavy atom. The van der Waals surface area contributed by atoms with E-state index in [1.165, 1.54) is 0 Å². The van der Waals surface area contributed by atoms with Crippen LogP contribution in [-0.4, -0.2) is 13.2 Å². The first-order valence-corrected chi connectivity index (χ1v) is 6.83. The Morgan fingerprint density at radius 3 is 1.53 bits per heavy atom. The summed E-state index contributed by atoms with van der Waals surface area (Å²) < 4.78 is 4.83. The smallest absolute Gasteiger partial charge is 0.872 e. The van der Waals surface area contributed by atoms with Crippen LogP contribution in [-0.2, 0) is 4.74 Å². The van der Waals surface area contributed by atoms with Crippen molar-refractivity contribution in [3.05, 3.63) is 29.3 Å². The first kappa shape index (κ1) is 20.9. The van der Waals surface area contributed by atoms with Crippen LogP contribution in [0.2, 0.25) is 0 Å². The number of hydrogen-bond donors (Lipinski definition) is 0. The third-order valence-corrected chi connectivity index (χ3v) is 2.73. The molecule has 0 atom stereocenters. The third-order valence-electron chi connectivity index (χ3n) is 2.73. The zero-order valence-corrected chi connectivity index (χ0v) is 13.6. The molecule has 2 nitrogen and oxygen atoms in total. The Labute approximate surface area is 130 Å². The molecule has 0 saturated heterocycles. The maximum Gasteiger partial charge on any atom is 1.00 e. The van der Waals surface area contributed by atoms with Gasteiger partial charge < -0.3 is 9.84 Å². The summed E-state index contributed by atoms with van der Waals surface area (Å²) in [6, 6.07) is 5.84. The Balaban J connectivity index is 0. The van der Waals surface area contributed by atoms with Gasteiger partial charge in [0.2, 0.25) is 0 Å². The maximum absolute atomic E-state index is 11.9. The van der Waals surface area contributed by atoms with Gasteiger partial charge >= 0.3 is 18.9 Å². The summed E-state index contributed by atoms with van der Waals surface area (Å²) in [5.74, 6) is 0.880. The van der Waals surface area contributed by atoms with Crippen LogP contribution in [0.3, 0.4) is 0 Å². The first-order valence-electron chi connectivity index (χ1n) is 6.83. The van der Waals surface area contributed by atoms with Crippen LogP contribution in [0.25, 0.3) is 0 Å². The molecule has 0 aromatic heterocycles. The average molecular weight is 258 g/mol. The van der Waals surface area contributed by atoms with Crippen molar-refractivity contribution in [2.45, 2.75) is 53.4 Å². The van der Waals surface area contributed by atoms with E-state index in [-0.39, 0.29) is 24.6 Å². The topological polar surface area (TPSA) is 32.3 Å². The molecule has 0 N–H and O–H groups in total. The van der Waals surface area contributed by atoms with E-state index in [2.05, 4.69) is 27.7 Å². The summed E-state index contributed by atoms with van der Waals surface area (Å²) in [6.07, 6.45) is 0. The molecule has 0 saturated carbocycles. The molecule has 0 fully saturated rings. The summed E-state index contributed by atoms with van der Waals surface area (Å²) >= 11 is 0. The second kappa shape index (κ2) is 11.4. The fraction of sp³-hybridized carbons (Fsp3) is 0.625. The molecule has 0 bridgehead atoms. The van der Waals surface area contributed by atoms with Crippen molar-refractivity contribution in [3.63, 3.8) is 0 Å². The normalized spacial score (nSPS) is 9.89. The van der Waals surface area contributed by atoms with E-state index >= 15 is 0 Å². The minimum absolute atomic E-state index is 0. The van der Waals surface area contributed by atoms with Crippen LogP contribution >= 0.6 is 0 Å². The van der Waals surface area contributed by atoms with Crippen molar-refractivity contribution < 1.29 is 28.7 Å². The van der Waals surface area contributed by atoms with Gasteiger partial charge in [-0.05, 0) is 25.7 Å². The van der Waals surface area contributed by atoms with Crippen molar-refractivity contribution in [1.82, 2.24) is 0 Å². The van der Waals surface area contributed by atoms with Crippen molar-refractivity contribution in [2.75, 3.05) is 13.2 Å². The van der Waals surface area contributed by atoms with Gasteiger partial charge in [-0.25, -0.2) is 0 Å². The second-order valence-electron chi connectivity index (χ2n) is 4.86. The van der Waals surface area contributed by atoms with Gasteiger partial charge in [0, 0.05) is 13.2 Å². The van der Waals surface area contributed by atoms with Gasteiger partial charge in [0.25, 0.3) is 0 Å². The van der Waals surface area contributed by atoms with Crippen molar-refractivity contribution in [2.24, 2.45) is 0 Å². The molecule has 0 aliphatic heterocycles. The SMILES string of the molecule is CC(C)c1cccc(C(C)C)c1[O-].CCOCC.[Li+]. The molecule has 0 aliphatic carbocycles. The van der Waals surface area contributed by atoms with Gasteiger partial charge in [0.15, 0.2) is 0 Å². The average Bonchev–Trinajstić information content (AvgIpc) is 2.30. The number of benzene rings is 1. The third kappa shape index (κ3) is 7.67. The number of para-hydroxylation sites is 1. The Morgan fingerprint density at radius 1 is 0.947 bits per heavy atom. The monoisotopic (exact) mass is 258 g/mol. The van der Waals surface area contributed by atoms with E-state index in [4.69, 9.17) is 4.74 Å². The maximum atomic E-state index is 11.9. The van der Waals surface area contributed by atoms with E-state index in [9.17, 15) is 5.11 Å². The summed E-state index contributed by atoms with van der Waals surface area (Å²) in [7, 11) is 0. The van der Waals surface area contributed by atoms with E-state index in [0.29, 0.717) is 11.8 Å². The van der Waals surface area contributed by atoms with Crippen molar-refractivity contribution in [3.8, 4) is 5.75 Å². The van der Waals surface area contributed by atoms with Gasteiger partial charge in [-0.3, -0.25) is 0 Å². The molecule has 1 rings (SSSR count). The van der Waals surface area contributed by atoms with E-state index in [0.717, 1.165) is 24.3 Å². The molecular formula is C16H27LiO2. The molecule has 0 unspecified atom stereocenters. The Bertz CT molecular complexity index is 307. The van der Waals surface area contributed by atoms with Crippen LogP contribution in [0.1, 0.15) is 64.5 Å². The molecule has 1 aromatic rings. The van der Waals surface area contributed by atoms with Gasteiger partial charge in [-0.1, -0.05) is 57.0 Å². The zero-order valence-electron chi connectivity index (χ0n) is 13.6. The Kier molecular flexibility index (Phi) is 12.5. The molecule has 19 heavy (non-hydrogen) atoms. The van der Waals surface area contributed by atoms with Crippen LogP contribution in [0.15, 0.2) is 18.2 Å². The quantitative estimate of drug-likeness (QED) is 0.756. The number of rotatable bonds is 4. The van der Waals surface area contributed by atoms with E-state index in [1.54, 1.807) is 0 Å². The molecule has 3 heteroatoms. The molecule has 0 radical (unpaired) electrons. The molecule has 0 heterocycles. The zero-order chi connectivity index (χ0) is 14.1. The van der Waals surface area contributed by atoms with Gasteiger partial charge in [0.05, 0.1) is 0 Å². The van der Waals surface area contributed by atoms with Crippen LogP contribution < -0.4 is 24.0 Å². The summed E-state index contributed by atoms with van der Waals surface area (Å²) in [5.41, 5.74) is 1.87. The summed E-state index contributed by atoms with van der Waals surface area (Å²) in [6.45, 7) is 13.9. The number of hydrogen-bond acceptors (Lipinski definition) is 2. The molecule has 104 valence electrons. The van der Waals surface area contributed by atoms with Gasteiger partial charge in [0.1, 0.15) is 0 Å². The first-order chi connectivity index (χ1) is 8.45. The molecule has 0 spiro atoms. The summed E-state index contributed by atoms with van der Waals surface area (Å²) in [5, 5.41) is 11.9. The minimum atomic E-state index is 0. The van der Waals surface area contributed by atoms with Crippen molar-refractivity contribution >= 4 is 0 Å². The van der Waals surface area contributed by atoms with Gasteiger partial charge in [-0.2, -0.15) is 0 Å². The largest absolute Gasteiger partial charge is 1.00 e. The predicted octanol–water partition coefficient (Wildman–Crippen LogP) is 1.05. The minimum Gasteiger partial charge on any atom is -0.872 e. The van der Waals surface area contributed by atoms with E-state index < -0.39 is 0 Å². The van der Waals surface area contributed by atoms with Gasteiger partial charge in [-0.15, -0.1) is 5.75 Å².